The van der Waals surface area contributed by atoms with Gasteiger partial charge in [0.05, 0.1) is 11.5 Å². The molecule has 3 N–H and O–H groups in total. The van der Waals surface area contributed by atoms with Crippen LogP contribution >= 0.6 is 12.4 Å². The fraction of sp³-hybridized carbons (Fsp3) is 0.357. The number of carbonyl (C=O) groups is 1. The van der Waals surface area contributed by atoms with Crippen molar-refractivity contribution in [2.75, 3.05) is 19.7 Å². The Balaban J connectivity index is 0.00000264. The highest BCUT2D eigenvalue weighted by Crippen LogP contribution is 2.28. The van der Waals surface area contributed by atoms with E-state index in [0.29, 0.717) is 16.5 Å². The van der Waals surface area contributed by atoms with Crippen molar-refractivity contribution in [1.29, 1.82) is 0 Å². The first-order chi connectivity index (χ1) is 10.4. The lowest BCUT2D eigenvalue weighted by Crippen LogP contribution is -2.29. The van der Waals surface area contributed by atoms with Crippen molar-refractivity contribution in [2.45, 2.75) is 18.7 Å². The normalized spacial score (nSPS) is 11.3. The molecule has 0 unspecified atom stereocenters. The number of rotatable bonds is 6. The summed E-state index contributed by atoms with van der Waals surface area (Å²) in [5.41, 5.74) is 6.27. The number of ether oxygens (including phenoxy) is 1. The van der Waals surface area contributed by atoms with E-state index in [1.54, 1.807) is 13.8 Å². The van der Waals surface area contributed by atoms with Crippen LogP contribution in [0.25, 0.3) is 11.0 Å². The number of esters is 1. The van der Waals surface area contributed by atoms with Crippen molar-refractivity contribution in [3.8, 4) is 0 Å². The number of aryl methyl sites for hydroxylation is 1. The van der Waals surface area contributed by atoms with Crippen LogP contribution in [0.1, 0.15) is 23.0 Å². The average Bonchev–Trinajstić information content (AvgIpc) is 2.82. The summed E-state index contributed by atoms with van der Waals surface area (Å²) >= 11 is 0. The first-order valence-electron chi connectivity index (χ1n) is 6.80. The van der Waals surface area contributed by atoms with Gasteiger partial charge in [-0.1, -0.05) is 0 Å². The van der Waals surface area contributed by atoms with Crippen LogP contribution in [0.2, 0.25) is 0 Å². The van der Waals surface area contributed by atoms with Gasteiger partial charge in [0, 0.05) is 24.0 Å². The van der Waals surface area contributed by atoms with E-state index in [0.717, 1.165) is 0 Å². The smallest absolute Gasteiger partial charge is 0.374 e. The minimum atomic E-state index is -3.64. The Morgan fingerprint density at radius 3 is 2.70 bits per heavy atom. The van der Waals surface area contributed by atoms with Crippen molar-refractivity contribution >= 4 is 39.4 Å². The molecule has 0 aliphatic rings. The average molecular weight is 363 g/mol. The van der Waals surface area contributed by atoms with Crippen LogP contribution in [-0.2, 0) is 14.8 Å². The molecule has 0 spiro atoms. The van der Waals surface area contributed by atoms with E-state index in [-0.39, 0.29) is 42.8 Å². The Labute approximate surface area is 140 Å². The minimum absolute atomic E-state index is 0. The number of fused-ring (bicyclic) bond motifs is 1. The van der Waals surface area contributed by atoms with Gasteiger partial charge in [-0.2, -0.15) is 0 Å². The Morgan fingerprint density at radius 1 is 1.39 bits per heavy atom. The highest BCUT2D eigenvalue weighted by atomic mass is 35.5. The molecule has 0 aliphatic carbocycles. The van der Waals surface area contributed by atoms with Crippen molar-refractivity contribution in [3.63, 3.8) is 0 Å². The van der Waals surface area contributed by atoms with E-state index >= 15 is 0 Å². The minimum Gasteiger partial charge on any atom is -0.460 e. The number of hydrogen-bond donors (Lipinski definition) is 2. The predicted octanol–water partition coefficient (Wildman–Crippen LogP) is 1.58. The number of furan rings is 1. The van der Waals surface area contributed by atoms with Crippen LogP contribution in [0, 0.1) is 6.92 Å². The van der Waals surface area contributed by atoms with Crippen molar-refractivity contribution in [3.05, 3.63) is 29.5 Å². The third-order valence-corrected chi connectivity index (χ3v) is 4.57. The topological polar surface area (TPSA) is 112 Å². The molecule has 0 radical (unpaired) electrons. The molecule has 0 bridgehead atoms. The van der Waals surface area contributed by atoms with Gasteiger partial charge in [-0.05, 0) is 32.0 Å². The van der Waals surface area contributed by atoms with Gasteiger partial charge in [0.2, 0.25) is 15.8 Å². The van der Waals surface area contributed by atoms with E-state index in [1.165, 1.54) is 18.2 Å². The molecule has 7 nitrogen and oxygen atoms in total. The molecule has 1 heterocycles. The molecule has 9 heteroatoms. The molecule has 0 aliphatic heterocycles. The maximum atomic E-state index is 12.1. The molecule has 0 fully saturated rings. The first kappa shape index (κ1) is 19.4. The van der Waals surface area contributed by atoms with Gasteiger partial charge in [0.25, 0.3) is 0 Å². The van der Waals surface area contributed by atoms with E-state index in [4.69, 9.17) is 14.9 Å². The summed E-state index contributed by atoms with van der Waals surface area (Å²) in [6.45, 7) is 3.97. The van der Waals surface area contributed by atoms with Gasteiger partial charge in [0.1, 0.15) is 5.58 Å². The molecule has 0 saturated heterocycles. The molecule has 1 aromatic carbocycles. The van der Waals surface area contributed by atoms with Crippen LogP contribution in [-0.4, -0.2) is 34.1 Å². The van der Waals surface area contributed by atoms with Gasteiger partial charge in [-0.25, -0.2) is 17.9 Å². The number of nitrogens with one attached hydrogen (secondary N) is 1. The Hall–Kier alpha value is -1.61. The van der Waals surface area contributed by atoms with Gasteiger partial charge in [-0.3, -0.25) is 0 Å². The summed E-state index contributed by atoms with van der Waals surface area (Å²) in [4.78, 5) is 11.9. The van der Waals surface area contributed by atoms with Crippen LogP contribution in [0.15, 0.2) is 27.5 Å². The summed E-state index contributed by atoms with van der Waals surface area (Å²) in [6, 6.07) is 4.40. The second-order valence-electron chi connectivity index (χ2n) is 4.62. The predicted molar refractivity (Wildman–Crippen MR) is 88.4 cm³/mol. The fourth-order valence-corrected chi connectivity index (χ4v) is 3.11. The largest absolute Gasteiger partial charge is 0.460 e. The van der Waals surface area contributed by atoms with E-state index in [9.17, 15) is 13.2 Å². The standard InChI is InChI=1S/C14H18N2O5S.ClH/c1-3-20-14(17)13-9(2)11-8-10(4-5-12(11)21-13)22(18,19)16-7-6-15;/h4-5,8,16H,3,6-7,15H2,1-2H3;1H. The Morgan fingerprint density at radius 2 is 2.09 bits per heavy atom. The zero-order valence-corrected chi connectivity index (χ0v) is 14.4. The summed E-state index contributed by atoms with van der Waals surface area (Å²) in [7, 11) is -3.64. The van der Waals surface area contributed by atoms with Crippen LogP contribution in [0.4, 0.5) is 0 Å². The van der Waals surface area contributed by atoms with Crippen LogP contribution in [0.3, 0.4) is 0 Å². The zero-order chi connectivity index (χ0) is 16.3. The number of benzene rings is 1. The molecule has 2 aromatic rings. The fourth-order valence-electron chi connectivity index (χ4n) is 2.04. The van der Waals surface area contributed by atoms with Crippen molar-refractivity contribution in [1.82, 2.24) is 4.72 Å². The van der Waals surface area contributed by atoms with E-state index in [1.807, 2.05) is 0 Å². The molecular formula is C14H19ClN2O5S. The van der Waals surface area contributed by atoms with Crippen molar-refractivity contribution < 1.29 is 22.4 Å². The lowest BCUT2D eigenvalue weighted by molar-refractivity contribution is 0.0491. The molecule has 23 heavy (non-hydrogen) atoms. The Kier molecular flexibility index (Phi) is 6.57. The zero-order valence-electron chi connectivity index (χ0n) is 12.8. The van der Waals surface area contributed by atoms with Gasteiger partial charge < -0.3 is 14.9 Å². The molecule has 1 aromatic heterocycles. The summed E-state index contributed by atoms with van der Waals surface area (Å²) in [5, 5.41) is 0.554. The molecule has 0 amide bonds. The van der Waals surface area contributed by atoms with Crippen LogP contribution < -0.4 is 10.5 Å². The molecule has 2 rings (SSSR count). The summed E-state index contributed by atoms with van der Waals surface area (Å²) in [5.74, 6) is -0.483. The second kappa shape index (κ2) is 7.78. The molecule has 0 atom stereocenters. The monoisotopic (exact) mass is 362 g/mol. The summed E-state index contributed by atoms with van der Waals surface area (Å²) < 4.78 is 36.9. The van der Waals surface area contributed by atoms with Gasteiger partial charge in [-0.15, -0.1) is 12.4 Å². The van der Waals surface area contributed by atoms with Crippen molar-refractivity contribution in [2.24, 2.45) is 5.73 Å². The number of sulfonamides is 1. The second-order valence-corrected chi connectivity index (χ2v) is 6.39. The van der Waals surface area contributed by atoms with Gasteiger partial charge in [0.15, 0.2) is 0 Å². The van der Waals surface area contributed by atoms with Crippen LogP contribution in [0.5, 0.6) is 0 Å². The summed E-state index contributed by atoms with van der Waals surface area (Å²) in [6.07, 6.45) is 0. The third kappa shape index (κ3) is 4.03. The maximum absolute atomic E-state index is 12.1. The number of nitrogens with two attached hydrogens (primary N) is 1. The lowest BCUT2D eigenvalue weighted by atomic mass is 10.1. The van der Waals surface area contributed by atoms with Gasteiger partial charge >= 0.3 is 5.97 Å². The SMILES string of the molecule is CCOC(=O)c1oc2ccc(S(=O)(=O)NCCN)cc2c1C.Cl. The number of hydrogen-bond acceptors (Lipinski definition) is 6. The third-order valence-electron chi connectivity index (χ3n) is 3.12. The Bertz CT molecular complexity index is 801. The van der Waals surface area contributed by atoms with E-state index < -0.39 is 16.0 Å². The molecule has 0 saturated carbocycles. The molecular weight excluding hydrogens is 344 g/mol. The highest BCUT2D eigenvalue weighted by molar-refractivity contribution is 7.89. The highest BCUT2D eigenvalue weighted by Gasteiger charge is 2.21. The maximum Gasteiger partial charge on any atom is 0.374 e. The quantitative estimate of drug-likeness (QED) is 0.754. The van der Waals surface area contributed by atoms with E-state index in [2.05, 4.69) is 4.72 Å². The lowest BCUT2D eigenvalue weighted by Gasteiger charge is -2.05. The first-order valence-corrected chi connectivity index (χ1v) is 8.29. The number of carbonyl (C=O) groups excluding carboxylic acids is 1. The molecule has 128 valence electrons. The number of halogens is 1.